The van der Waals surface area contributed by atoms with Crippen LogP contribution in [0.1, 0.15) is 21.7 Å². The van der Waals surface area contributed by atoms with Crippen molar-refractivity contribution < 1.29 is 9.53 Å². The van der Waals surface area contributed by atoms with E-state index in [1.807, 2.05) is 36.7 Å². The lowest BCUT2D eigenvalue weighted by Gasteiger charge is -2.28. The number of benzene rings is 1. The monoisotopic (exact) mass is 271 g/mol. The first-order valence-electron chi connectivity index (χ1n) is 6.66. The maximum Gasteiger partial charge on any atom is 0.338 e. The zero-order chi connectivity index (χ0) is 13.9. The molecule has 0 amide bonds. The Morgan fingerprint density at radius 3 is 3.05 bits per heavy atom. The van der Waals surface area contributed by atoms with Crippen LogP contribution < -0.4 is 0 Å². The Morgan fingerprint density at radius 2 is 2.20 bits per heavy atom. The van der Waals surface area contributed by atoms with Crippen LogP contribution in [0.3, 0.4) is 0 Å². The molecular weight excluding hydrogens is 254 g/mol. The van der Waals surface area contributed by atoms with Crippen molar-refractivity contribution in [3.05, 3.63) is 53.6 Å². The predicted molar refractivity (Wildman–Crippen MR) is 74.1 cm³/mol. The number of hydrogen-bond acceptors (Lipinski definition) is 4. The van der Waals surface area contributed by atoms with Crippen LogP contribution in [0.4, 0.5) is 0 Å². The number of imidazole rings is 1. The van der Waals surface area contributed by atoms with E-state index in [2.05, 4.69) is 14.5 Å². The summed E-state index contributed by atoms with van der Waals surface area (Å²) in [5, 5.41) is 0. The quantitative estimate of drug-likeness (QED) is 0.797. The molecule has 3 rings (SSSR count). The van der Waals surface area contributed by atoms with Gasteiger partial charge in [-0.3, -0.25) is 4.90 Å². The van der Waals surface area contributed by atoms with Gasteiger partial charge < -0.3 is 9.30 Å². The zero-order valence-electron chi connectivity index (χ0n) is 11.5. The van der Waals surface area contributed by atoms with E-state index in [9.17, 15) is 4.79 Å². The van der Waals surface area contributed by atoms with Gasteiger partial charge in [-0.2, -0.15) is 0 Å². The summed E-state index contributed by atoms with van der Waals surface area (Å²) in [5.41, 5.74) is 1.64. The molecule has 1 aliphatic heterocycles. The number of rotatable bonds is 3. The van der Waals surface area contributed by atoms with Gasteiger partial charge in [0.25, 0.3) is 0 Å². The average molecular weight is 271 g/mol. The van der Waals surface area contributed by atoms with Crippen molar-refractivity contribution in [2.24, 2.45) is 0 Å². The minimum Gasteiger partial charge on any atom is -0.465 e. The Morgan fingerprint density at radius 1 is 1.35 bits per heavy atom. The Hall–Kier alpha value is -2.14. The molecule has 0 bridgehead atoms. The van der Waals surface area contributed by atoms with Crippen molar-refractivity contribution in [2.45, 2.75) is 19.6 Å². The van der Waals surface area contributed by atoms with Gasteiger partial charge in [0.1, 0.15) is 5.82 Å². The van der Waals surface area contributed by atoms with E-state index in [4.69, 9.17) is 4.74 Å². The van der Waals surface area contributed by atoms with Crippen LogP contribution >= 0.6 is 0 Å². The summed E-state index contributed by atoms with van der Waals surface area (Å²) in [5.74, 6) is 0.797. The molecule has 104 valence electrons. The normalized spacial score (nSPS) is 14.8. The fourth-order valence-electron chi connectivity index (χ4n) is 2.57. The number of ether oxygens (including phenoxy) is 1. The summed E-state index contributed by atoms with van der Waals surface area (Å²) >= 11 is 0. The van der Waals surface area contributed by atoms with Crippen molar-refractivity contribution in [1.82, 2.24) is 14.5 Å². The molecule has 1 aromatic heterocycles. The molecule has 2 heterocycles. The van der Waals surface area contributed by atoms with Crippen LogP contribution in [0, 0.1) is 0 Å². The van der Waals surface area contributed by atoms with Gasteiger partial charge >= 0.3 is 5.97 Å². The minimum absolute atomic E-state index is 0.279. The first kappa shape index (κ1) is 12.9. The van der Waals surface area contributed by atoms with Gasteiger partial charge in [0.15, 0.2) is 0 Å². The van der Waals surface area contributed by atoms with Crippen molar-refractivity contribution in [3.63, 3.8) is 0 Å². The van der Waals surface area contributed by atoms with Crippen molar-refractivity contribution in [1.29, 1.82) is 0 Å². The fourth-order valence-corrected chi connectivity index (χ4v) is 2.57. The molecule has 0 aliphatic carbocycles. The summed E-state index contributed by atoms with van der Waals surface area (Å²) < 4.78 is 7.01. The molecule has 0 saturated heterocycles. The third-order valence-electron chi connectivity index (χ3n) is 3.64. The molecule has 0 spiro atoms. The van der Waals surface area contributed by atoms with Crippen LogP contribution in [0.5, 0.6) is 0 Å². The van der Waals surface area contributed by atoms with Gasteiger partial charge in [0.05, 0.1) is 19.2 Å². The summed E-state index contributed by atoms with van der Waals surface area (Å²) in [6, 6.07) is 7.60. The molecule has 2 aromatic rings. The van der Waals surface area contributed by atoms with Crippen molar-refractivity contribution in [2.75, 3.05) is 13.7 Å². The van der Waals surface area contributed by atoms with Crippen LogP contribution in [0.2, 0.25) is 0 Å². The van der Waals surface area contributed by atoms with Gasteiger partial charge in [0, 0.05) is 32.0 Å². The molecule has 0 atom stereocenters. The Kier molecular flexibility index (Phi) is 3.52. The van der Waals surface area contributed by atoms with Crippen LogP contribution in [-0.2, 0) is 24.4 Å². The lowest BCUT2D eigenvalue weighted by molar-refractivity contribution is 0.0598. The first-order valence-corrected chi connectivity index (χ1v) is 6.66. The van der Waals surface area contributed by atoms with Crippen LogP contribution in [0.15, 0.2) is 36.7 Å². The summed E-state index contributed by atoms with van der Waals surface area (Å²) in [6.45, 7) is 3.44. The second-order valence-electron chi connectivity index (χ2n) is 4.90. The standard InChI is InChI=1S/C15H17N3O2/c1-20-15(19)13-5-3-2-4-12(13)10-17-8-9-18-7-6-16-14(18)11-17/h2-7H,8-11H2,1H3. The molecule has 20 heavy (non-hydrogen) atoms. The van der Waals surface area contributed by atoms with Gasteiger partial charge in [0.2, 0.25) is 0 Å². The highest BCUT2D eigenvalue weighted by Crippen LogP contribution is 2.17. The number of methoxy groups -OCH3 is 1. The van der Waals surface area contributed by atoms with Gasteiger partial charge in [-0.1, -0.05) is 18.2 Å². The number of carbonyl (C=O) groups excluding carboxylic acids is 1. The highest BCUT2D eigenvalue weighted by Gasteiger charge is 2.19. The summed E-state index contributed by atoms with van der Waals surface area (Å²) in [4.78, 5) is 18.4. The second-order valence-corrected chi connectivity index (χ2v) is 4.90. The molecule has 1 aromatic carbocycles. The van der Waals surface area contributed by atoms with Gasteiger partial charge in [-0.05, 0) is 11.6 Å². The molecule has 0 unspecified atom stereocenters. The molecule has 1 aliphatic rings. The Labute approximate surface area is 117 Å². The van der Waals surface area contributed by atoms with E-state index < -0.39 is 0 Å². The van der Waals surface area contributed by atoms with E-state index >= 15 is 0 Å². The molecular formula is C15H17N3O2. The first-order chi connectivity index (χ1) is 9.78. The number of aromatic nitrogens is 2. The lowest BCUT2D eigenvalue weighted by atomic mass is 10.1. The van der Waals surface area contributed by atoms with E-state index in [0.29, 0.717) is 5.56 Å². The SMILES string of the molecule is COC(=O)c1ccccc1CN1CCn2ccnc2C1. The summed E-state index contributed by atoms with van der Waals surface area (Å²) in [7, 11) is 1.41. The van der Waals surface area contributed by atoms with Gasteiger partial charge in [-0.25, -0.2) is 9.78 Å². The average Bonchev–Trinajstić information content (AvgIpc) is 2.94. The highest BCUT2D eigenvalue weighted by molar-refractivity contribution is 5.90. The molecule has 5 heteroatoms. The van der Waals surface area contributed by atoms with E-state index in [1.165, 1.54) is 7.11 Å². The lowest BCUT2D eigenvalue weighted by Crippen LogP contribution is -2.33. The maximum atomic E-state index is 11.8. The summed E-state index contributed by atoms with van der Waals surface area (Å²) in [6.07, 6.45) is 3.84. The van der Waals surface area contributed by atoms with Crippen LogP contribution in [0.25, 0.3) is 0 Å². The third-order valence-corrected chi connectivity index (χ3v) is 3.64. The van der Waals surface area contributed by atoms with E-state index in [0.717, 1.165) is 37.6 Å². The van der Waals surface area contributed by atoms with Gasteiger partial charge in [-0.15, -0.1) is 0 Å². The number of nitrogens with zero attached hydrogens (tertiary/aromatic N) is 3. The molecule has 5 nitrogen and oxygen atoms in total. The Bertz CT molecular complexity index is 621. The molecule has 0 N–H and O–H groups in total. The minimum atomic E-state index is -0.279. The number of carbonyl (C=O) groups is 1. The zero-order valence-corrected chi connectivity index (χ0v) is 11.5. The maximum absolute atomic E-state index is 11.8. The molecule has 0 radical (unpaired) electrons. The largest absolute Gasteiger partial charge is 0.465 e. The number of fused-ring (bicyclic) bond motifs is 1. The highest BCUT2D eigenvalue weighted by atomic mass is 16.5. The second kappa shape index (κ2) is 5.46. The third kappa shape index (κ3) is 2.44. The smallest absolute Gasteiger partial charge is 0.338 e. The van der Waals surface area contributed by atoms with E-state index in [1.54, 1.807) is 0 Å². The van der Waals surface area contributed by atoms with Crippen molar-refractivity contribution >= 4 is 5.97 Å². The molecule has 0 fully saturated rings. The number of esters is 1. The van der Waals surface area contributed by atoms with E-state index in [-0.39, 0.29) is 5.97 Å². The predicted octanol–water partition coefficient (Wildman–Crippen LogP) is 1.69. The Balaban J connectivity index is 1.78. The van der Waals surface area contributed by atoms with Crippen LogP contribution in [-0.4, -0.2) is 34.1 Å². The number of hydrogen-bond donors (Lipinski definition) is 0. The fraction of sp³-hybridized carbons (Fsp3) is 0.333. The topological polar surface area (TPSA) is 47.4 Å². The van der Waals surface area contributed by atoms with Crippen molar-refractivity contribution in [3.8, 4) is 0 Å². The molecule has 0 saturated carbocycles.